The fraction of sp³-hybridized carbons (Fsp3) is 0.600. The molecule has 1 aromatic heterocycles. The zero-order chi connectivity index (χ0) is 11.8. The van der Waals surface area contributed by atoms with Crippen LogP contribution in [0.4, 0.5) is 13.2 Å². The number of alkyl halides is 3. The van der Waals surface area contributed by atoms with Crippen LogP contribution in [0, 0.1) is 0 Å². The molecule has 1 N–H and O–H groups in total. The summed E-state index contributed by atoms with van der Waals surface area (Å²) < 4.78 is 37.3. The number of piperazine rings is 1. The van der Waals surface area contributed by atoms with Gasteiger partial charge >= 0.3 is 6.18 Å². The van der Waals surface area contributed by atoms with Gasteiger partial charge in [0.15, 0.2) is 0 Å². The normalized spacial score (nSPS) is 23.6. The summed E-state index contributed by atoms with van der Waals surface area (Å²) in [6.45, 7) is 2.47. The van der Waals surface area contributed by atoms with Gasteiger partial charge in [0.05, 0.1) is 6.04 Å². The van der Waals surface area contributed by atoms with E-state index in [0.29, 0.717) is 6.54 Å². The minimum absolute atomic E-state index is 0.0647. The number of hydrogen-bond donors (Lipinski definition) is 1. The molecule has 1 aliphatic heterocycles. The number of likely N-dealkylation sites (N-methyl/N-ethyl adjacent to an activating group) is 1. The van der Waals surface area contributed by atoms with E-state index < -0.39 is 11.1 Å². The first kappa shape index (κ1) is 11.9. The lowest BCUT2D eigenvalue weighted by atomic mass is 10.2. The van der Waals surface area contributed by atoms with E-state index in [1.54, 1.807) is 6.07 Å². The summed E-state index contributed by atoms with van der Waals surface area (Å²) >= 11 is 0.843. The van der Waals surface area contributed by atoms with Gasteiger partial charge in [-0.2, -0.15) is 13.2 Å². The van der Waals surface area contributed by atoms with Gasteiger partial charge in [0.1, 0.15) is 4.88 Å². The van der Waals surface area contributed by atoms with Crippen LogP contribution < -0.4 is 5.32 Å². The number of nitrogens with zero attached hydrogens (tertiary/aromatic N) is 1. The molecule has 0 bridgehead atoms. The molecular weight excluding hydrogens is 237 g/mol. The molecule has 0 spiro atoms. The molecule has 2 heterocycles. The molecule has 0 radical (unpaired) electrons. The topological polar surface area (TPSA) is 15.3 Å². The molecule has 0 aromatic carbocycles. The van der Waals surface area contributed by atoms with Crippen LogP contribution in [0.2, 0.25) is 0 Å². The minimum atomic E-state index is -4.22. The molecule has 1 aliphatic rings. The Balaban J connectivity index is 2.18. The quantitative estimate of drug-likeness (QED) is 0.823. The summed E-state index contributed by atoms with van der Waals surface area (Å²) in [5.41, 5.74) is 0. The van der Waals surface area contributed by atoms with E-state index in [1.807, 2.05) is 7.05 Å². The molecule has 90 valence electrons. The predicted octanol–water partition coefficient (Wildman–Crippen LogP) is 2.34. The predicted molar refractivity (Wildman–Crippen MR) is 57.6 cm³/mol. The lowest BCUT2D eigenvalue weighted by Gasteiger charge is -2.32. The van der Waals surface area contributed by atoms with Gasteiger partial charge in [-0.05, 0) is 19.2 Å². The number of hydrogen-bond acceptors (Lipinski definition) is 3. The van der Waals surface area contributed by atoms with Crippen LogP contribution >= 0.6 is 11.3 Å². The van der Waals surface area contributed by atoms with Crippen LogP contribution in [0.5, 0.6) is 0 Å². The number of nitrogens with one attached hydrogen (secondary N) is 1. The van der Waals surface area contributed by atoms with Gasteiger partial charge in [0, 0.05) is 24.5 Å². The van der Waals surface area contributed by atoms with Gasteiger partial charge < -0.3 is 5.32 Å². The standard InChI is InChI=1S/C10H13F3N2S/c1-15-5-4-14-6-7(15)8-2-3-9(16-8)10(11,12)13/h2-3,7,14H,4-6H2,1H3. The number of rotatable bonds is 1. The Hall–Kier alpha value is -0.590. The Kier molecular flexibility index (Phi) is 3.23. The van der Waals surface area contributed by atoms with Gasteiger partial charge in [-0.3, -0.25) is 4.90 Å². The molecule has 16 heavy (non-hydrogen) atoms. The average Bonchev–Trinajstić information content (AvgIpc) is 2.66. The first-order valence-electron chi connectivity index (χ1n) is 5.06. The van der Waals surface area contributed by atoms with Crippen LogP contribution in [0.3, 0.4) is 0 Å². The lowest BCUT2D eigenvalue weighted by molar-refractivity contribution is -0.134. The zero-order valence-electron chi connectivity index (χ0n) is 8.84. The first-order chi connectivity index (χ1) is 7.48. The average molecular weight is 250 g/mol. The van der Waals surface area contributed by atoms with Crippen molar-refractivity contribution >= 4 is 11.3 Å². The SMILES string of the molecule is CN1CCNCC1c1ccc(C(F)(F)F)s1. The molecule has 2 nitrogen and oxygen atoms in total. The van der Waals surface area contributed by atoms with E-state index in [0.717, 1.165) is 29.3 Å². The fourth-order valence-electron chi connectivity index (χ4n) is 1.81. The highest BCUT2D eigenvalue weighted by atomic mass is 32.1. The maximum atomic E-state index is 12.4. The largest absolute Gasteiger partial charge is 0.425 e. The molecule has 0 saturated carbocycles. The molecule has 1 aromatic rings. The highest BCUT2D eigenvalue weighted by molar-refractivity contribution is 7.12. The highest BCUT2D eigenvalue weighted by Gasteiger charge is 2.33. The second-order valence-electron chi connectivity index (χ2n) is 3.90. The maximum absolute atomic E-state index is 12.4. The van der Waals surface area contributed by atoms with Crippen molar-refractivity contribution in [2.45, 2.75) is 12.2 Å². The van der Waals surface area contributed by atoms with Crippen molar-refractivity contribution in [3.8, 4) is 0 Å². The summed E-state index contributed by atoms with van der Waals surface area (Å²) in [7, 11) is 1.94. The number of halogens is 3. The maximum Gasteiger partial charge on any atom is 0.425 e. The fourth-order valence-corrected chi connectivity index (χ4v) is 2.85. The monoisotopic (exact) mass is 250 g/mol. The summed E-state index contributed by atoms with van der Waals surface area (Å²) in [6, 6.07) is 2.82. The Morgan fingerprint density at radius 2 is 2.19 bits per heavy atom. The van der Waals surface area contributed by atoms with Crippen LogP contribution in [0.1, 0.15) is 15.8 Å². The van der Waals surface area contributed by atoms with E-state index in [1.165, 1.54) is 6.07 Å². The van der Waals surface area contributed by atoms with Crippen molar-refractivity contribution < 1.29 is 13.2 Å². The Labute approximate surface area is 96.1 Å². The van der Waals surface area contributed by atoms with E-state index in [2.05, 4.69) is 10.2 Å². The van der Waals surface area contributed by atoms with E-state index in [9.17, 15) is 13.2 Å². The van der Waals surface area contributed by atoms with Crippen molar-refractivity contribution in [1.29, 1.82) is 0 Å². The van der Waals surface area contributed by atoms with E-state index in [4.69, 9.17) is 0 Å². The van der Waals surface area contributed by atoms with Crippen LogP contribution in [0.15, 0.2) is 12.1 Å². The third kappa shape index (κ3) is 2.39. The lowest BCUT2D eigenvalue weighted by Crippen LogP contribution is -2.43. The van der Waals surface area contributed by atoms with Crippen molar-refractivity contribution in [1.82, 2.24) is 10.2 Å². The third-order valence-electron chi connectivity index (χ3n) is 2.75. The number of thiophene rings is 1. The van der Waals surface area contributed by atoms with Gasteiger partial charge in [0.2, 0.25) is 0 Å². The molecule has 2 rings (SSSR count). The summed E-state index contributed by atoms with van der Waals surface area (Å²) in [4.78, 5) is 2.35. The van der Waals surface area contributed by atoms with Gasteiger partial charge in [0.25, 0.3) is 0 Å². The smallest absolute Gasteiger partial charge is 0.314 e. The molecule has 6 heteroatoms. The van der Waals surface area contributed by atoms with Crippen molar-refractivity contribution in [3.05, 3.63) is 21.9 Å². The van der Waals surface area contributed by atoms with E-state index in [-0.39, 0.29) is 6.04 Å². The highest BCUT2D eigenvalue weighted by Crippen LogP contribution is 2.37. The summed E-state index contributed by atoms with van der Waals surface area (Å²) in [6.07, 6.45) is -4.22. The molecule has 1 saturated heterocycles. The molecular formula is C10H13F3N2S. The van der Waals surface area contributed by atoms with Gasteiger partial charge in [-0.1, -0.05) is 0 Å². The molecule has 1 fully saturated rings. The minimum Gasteiger partial charge on any atom is -0.314 e. The second kappa shape index (κ2) is 4.35. The second-order valence-corrected chi connectivity index (χ2v) is 5.02. The molecule has 1 atom stereocenters. The van der Waals surface area contributed by atoms with Crippen molar-refractivity contribution in [2.75, 3.05) is 26.7 Å². The summed E-state index contributed by atoms with van der Waals surface area (Å²) in [5, 5.41) is 3.20. The summed E-state index contributed by atoms with van der Waals surface area (Å²) in [5.74, 6) is 0. The Bertz CT molecular complexity index is 361. The van der Waals surface area contributed by atoms with Crippen LogP contribution in [-0.2, 0) is 6.18 Å². The first-order valence-corrected chi connectivity index (χ1v) is 5.88. The van der Waals surface area contributed by atoms with Gasteiger partial charge in [-0.25, -0.2) is 0 Å². The van der Waals surface area contributed by atoms with Gasteiger partial charge in [-0.15, -0.1) is 11.3 Å². The Morgan fingerprint density at radius 3 is 2.75 bits per heavy atom. The van der Waals surface area contributed by atoms with E-state index >= 15 is 0 Å². The molecule has 1 unspecified atom stereocenters. The third-order valence-corrected chi connectivity index (χ3v) is 3.98. The molecule has 0 aliphatic carbocycles. The van der Waals surface area contributed by atoms with Crippen molar-refractivity contribution in [2.24, 2.45) is 0 Å². The Morgan fingerprint density at radius 1 is 1.44 bits per heavy atom. The van der Waals surface area contributed by atoms with Crippen LogP contribution in [0.25, 0.3) is 0 Å². The zero-order valence-corrected chi connectivity index (χ0v) is 9.66. The molecule has 0 amide bonds. The van der Waals surface area contributed by atoms with Crippen LogP contribution in [-0.4, -0.2) is 31.6 Å². The van der Waals surface area contributed by atoms with Crippen molar-refractivity contribution in [3.63, 3.8) is 0 Å².